The summed E-state index contributed by atoms with van der Waals surface area (Å²) in [6.45, 7) is 3.92. The van der Waals surface area contributed by atoms with Crippen molar-refractivity contribution in [2.45, 2.75) is 31.7 Å². The number of ether oxygens (including phenoxy) is 2. The quantitative estimate of drug-likeness (QED) is 0.425. The van der Waals surface area contributed by atoms with Gasteiger partial charge < -0.3 is 23.9 Å². The van der Waals surface area contributed by atoms with Crippen molar-refractivity contribution in [3.05, 3.63) is 71.4 Å². The number of thioether (sulfide) groups is 1. The molecule has 0 aliphatic carbocycles. The van der Waals surface area contributed by atoms with Gasteiger partial charge in [-0.25, -0.2) is 4.98 Å². The topological polar surface area (TPSA) is 102 Å². The molecule has 0 atom stereocenters. The number of amides is 1. The lowest BCUT2D eigenvalue weighted by atomic mass is 10.2. The fraction of sp³-hybridized carbons (Fsp3) is 0.292. The number of rotatable bonds is 10. The Morgan fingerprint density at radius 3 is 2.30 bits per heavy atom. The van der Waals surface area contributed by atoms with Gasteiger partial charge >= 0.3 is 5.97 Å². The Labute approximate surface area is 196 Å². The van der Waals surface area contributed by atoms with Crippen molar-refractivity contribution in [2.75, 3.05) is 20.3 Å². The van der Waals surface area contributed by atoms with Gasteiger partial charge in [-0.05, 0) is 60.6 Å². The third-order valence-corrected chi connectivity index (χ3v) is 5.69. The normalized spacial score (nSPS) is 10.6. The maximum atomic E-state index is 12.7. The fourth-order valence-electron chi connectivity index (χ4n) is 3.14. The van der Waals surface area contributed by atoms with Gasteiger partial charge in [0.15, 0.2) is 5.89 Å². The Hall–Kier alpha value is -3.46. The molecule has 0 saturated heterocycles. The van der Waals surface area contributed by atoms with Crippen LogP contribution >= 0.6 is 11.8 Å². The second-order valence-corrected chi connectivity index (χ2v) is 8.30. The summed E-state index contributed by atoms with van der Waals surface area (Å²) in [6, 6.07) is 14.3. The zero-order valence-electron chi connectivity index (χ0n) is 18.7. The predicted molar refractivity (Wildman–Crippen MR) is 124 cm³/mol. The van der Waals surface area contributed by atoms with E-state index in [4.69, 9.17) is 13.9 Å². The summed E-state index contributed by atoms with van der Waals surface area (Å²) < 4.78 is 16.3. The maximum Gasteiger partial charge on any atom is 0.323 e. The standard InChI is InChI=1S/C24H26N2O6S/c1-16-22(25-17(2)32-16)12-13-31-20-6-4-18(5-7-20)14-26(15-23(27)28)24(29)33-21-10-8-19(30-3)9-11-21/h4-11H,12-15H2,1-3H3,(H,27,28). The van der Waals surface area contributed by atoms with Crippen molar-refractivity contribution in [1.29, 1.82) is 0 Å². The van der Waals surface area contributed by atoms with E-state index in [9.17, 15) is 14.7 Å². The van der Waals surface area contributed by atoms with Crippen LogP contribution in [0.15, 0.2) is 57.8 Å². The van der Waals surface area contributed by atoms with Crippen LogP contribution in [0.1, 0.15) is 22.9 Å². The van der Waals surface area contributed by atoms with Gasteiger partial charge in [0.05, 0.1) is 19.4 Å². The number of hydrogen-bond acceptors (Lipinski definition) is 7. The van der Waals surface area contributed by atoms with Crippen molar-refractivity contribution in [2.24, 2.45) is 0 Å². The average molecular weight is 471 g/mol. The highest BCUT2D eigenvalue weighted by Crippen LogP contribution is 2.25. The number of oxazole rings is 1. The van der Waals surface area contributed by atoms with Crippen LogP contribution in [0.25, 0.3) is 0 Å². The molecular weight excluding hydrogens is 444 g/mol. The van der Waals surface area contributed by atoms with Crippen LogP contribution in [0.4, 0.5) is 4.79 Å². The van der Waals surface area contributed by atoms with Crippen LogP contribution < -0.4 is 9.47 Å². The lowest BCUT2D eigenvalue weighted by molar-refractivity contribution is -0.137. The summed E-state index contributed by atoms with van der Waals surface area (Å²) >= 11 is 0.977. The highest BCUT2D eigenvalue weighted by Gasteiger charge is 2.19. The molecule has 33 heavy (non-hydrogen) atoms. The molecule has 0 aliphatic rings. The van der Waals surface area contributed by atoms with Crippen LogP contribution in [0, 0.1) is 13.8 Å². The van der Waals surface area contributed by atoms with Gasteiger partial charge in [-0.2, -0.15) is 0 Å². The monoisotopic (exact) mass is 470 g/mol. The van der Waals surface area contributed by atoms with Crippen LogP contribution in [-0.4, -0.2) is 46.5 Å². The Bertz CT molecular complexity index is 1080. The van der Waals surface area contributed by atoms with Gasteiger partial charge in [-0.1, -0.05) is 12.1 Å². The van der Waals surface area contributed by atoms with E-state index >= 15 is 0 Å². The number of benzene rings is 2. The SMILES string of the molecule is COc1ccc(SC(=O)N(CC(=O)O)Cc2ccc(OCCc3nc(C)oc3C)cc2)cc1. The Morgan fingerprint density at radius 1 is 1.06 bits per heavy atom. The molecule has 1 amide bonds. The summed E-state index contributed by atoms with van der Waals surface area (Å²) in [7, 11) is 1.57. The van der Waals surface area contributed by atoms with E-state index in [1.165, 1.54) is 4.90 Å². The van der Waals surface area contributed by atoms with Crippen LogP contribution in [0.2, 0.25) is 0 Å². The van der Waals surface area contributed by atoms with E-state index in [0.717, 1.165) is 28.8 Å². The molecule has 3 rings (SSSR count). The molecule has 0 radical (unpaired) electrons. The molecule has 0 saturated carbocycles. The molecule has 1 heterocycles. The summed E-state index contributed by atoms with van der Waals surface area (Å²) in [6.07, 6.45) is 0.633. The fourth-order valence-corrected chi connectivity index (χ4v) is 3.87. The Balaban J connectivity index is 1.57. The smallest absolute Gasteiger partial charge is 0.323 e. The van der Waals surface area contributed by atoms with Gasteiger partial charge in [-0.15, -0.1) is 0 Å². The maximum absolute atomic E-state index is 12.7. The predicted octanol–water partition coefficient (Wildman–Crippen LogP) is 4.72. The molecule has 9 heteroatoms. The third kappa shape index (κ3) is 7.28. The second-order valence-electron chi connectivity index (χ2n) is 7.27. The average Bonchev–Trinajstić information content (AvgIpc) is 3.11. The zero-order chi connectivity index (χ0) is 23.8. The van der Waals surface area contributed by atoms with Crippen LogP contribution in [0.3, 0.4) is 0 Å². The first-order valence-corrected chi connectivity index (χ1v) is 11.1. The van der Waals surface area contributed by atoms with E-state index < -0.39 is 12.5 Å². The summed E-state index contributed by atoms with van der Waals surface area (Å²) in [4.78, 5) is 30.4. The van der Waals surface area contributed by atoms with Crippen molar-refractivity contribution in [1.82, 2.24) is 9.88 Å². The number of aryl methyl sites for hydroxylation is 2. The molecule has 0 bridgehead atoms. The van der Waals surface area contributed by atoms with Crippen molar-refractivity contribution in [3.63, 3.8) is 0 Å². The number of methoxy groups -OCH3 is 1. The van der Waals surface area contributed by atoms with E-state index in [1.54, 1.807) is 43.5 Å². The first-order chi connectivity index (χ1) is 15.8. The lowest BCUT2D eigenvalue weighted by Gasteiger charge is -2.20. The molecule has 0 fully saturated rings. The first kappa shape index (κ1) is 24.2. The first-order valence-electron chi connectivity index (χ1n) is 10.3. The van der Waals surface area contributed by atoms with Crippen molar-refractivity contribution >= 4 is 23.0 Å². The van der Waals surface area contributed by atoms with Gasteiger partial charge in [0.25, 0.3) is 5.24 Å². The number of aliphatic carboxylic acids is 1. The van der Waals surface area contributed by atoms with E-state index in [2.05, 4.69) is 4.98 Å². The molecule has 174 valence electrons. The number of carbonyl (C=O) groups excluding carboxylic acids is 1. The van der Waals surface area contributed by atoms with Gasteiger partial charge in [0, 0.05) is 24.8 Å². The molecule has 1 N–H and O–H groups in total. The number of aromatic nitrogens is 1. The minimum atomic E-state index is -1.07. The minimum absolute atomic E-state index is 0.173. The Kier molecular flexibility index (Phi) is 8.37. The molecular formula is C24H26N2O6S. The molecule has 0 aliphatic heterocycles. The van der Waals surface area contributed by atoms with Gasteiger partial charge in [0.1, 0.15) is 23.8 Å². The molecule has 8 nitrogen and oxygen atoms in total. The highest BCUT2D eigenvalue weighted by molar-refractivity contribution is 8.13. The highest BCUT2D eigenvalue weighted by atomic mass is 32.2. The largest absolute Gasteiger partial charge is 0.497 e. The summed E-state index contributed by atoms with van der Waals surface area (Å²) in [5.74, 6) is 1.72. The van der Waals surface area contributed by atoms with E-state index in [1.807, 2.05) is 26.0 Å². The molecule has 0 spiro atoms. The number of carbonyl (C=O) groups is 2. The van der Waals surface area contributed by atoms with E-state index in [-0.39, 0.29) is 11.8 Å². The number of hydrogen-bond donors (Lipinski definition) is 1. The minimum Gasteiger partial charge on any atom is -0.497 e. The molecule has 1 aromatic heterocycles. The van der Waals surface area contributed by atoms with Crippen LogP contribution in [0.5, 0.6) is 11.5 Å². The molecule has 0 unspecified atom stereocenters. The number of nitrogens with zero attached hydrogens (tertiary/aromatic N) is 2. The molecule has 3 aromatic rings. The number of carboxylic acids is 1. The zero-order valence-corrected chi connectivity index (χ0v) is 19.6. The number of carboxylic acid groups (broad SMARTS) is 1. The van der Waals surface area contributed by atoms with Crippen molar-refractivity contribution in [3.8, 4) is 11.5 Å². The summed E-state index contributed by atoms with van der Waals surface area (Å²) in [5.41, 5.74) is 1.68. The molecule has 2 aromatic carbocycles. The summed E-state index contributed by atoms with van der Waals surface area (Å²) in [5, 5.41) is 8.90. The second kappa shape index (κ2) is 11.4. The lowest BCUT2D eigenvalue weighted by Crippen LogP contribution is -2.32. The van der Waals surface area contributed by atoms with E-state index in [0.29, 0.717) is 35.3 Å². The third-order valence-electron chi connectivity index (χ3n) is 4.75. The van der Waals surface area contributed by atoms with Crippen LogP contribution in [-0.2, 0) is 17.8 Å². The van der Waals surface area contributed by atoms with Gasteiger partial charge in [-0.3, -0.25) is 9.59 Å². The van der Waals surface area contributed by atoms with Gasteiger partial charge in [0.2, 0.25) is 0 Å². The van der Waals surface area contributed by atoms with Crippen molar-refractivity contribution < 1.29 is 28.6 Å². The Morgan fingerprint density at radius 2 is 1.73 bits per heavy atom.